The summed E-state index contributed by atoms with van der Waals surface area (Å²) >= 11 is 0. The molecule has 9 rings (SSSR count). The van der Waals surface area contributed by atoms with Gasteiger partial charge in [0.05, 0.1) is 15.1 Å². The number of hydrogen-bond donors (Lipinski definition) is 0. The fourth-order valence-electron chi connectivity index (χ4n) is 6.53. The SMILES string of the molecule is [2H]c1c([2H])c([2H])c(-c2ccccc2-c2c3ccccc3c(-c3c([2H])c([2H])c4oc5c([2H])c([2H])c([2H])c([2H])c5c4c3-c3ccccc3)c3ccccc23)c([2H])c1[2H]. The maximum atomic E-state index is 9.68. The van der Waals surface area contributed by atoms with Crippen LogP contribution in [0.4, 0.5) is 0 Å². The molecule has 1 nitrogen and oxygen atoms in total. The van der Waals surface area contributed by atoms with Crippen molar-refractivity contribution in [2.45, 2.75) is 0 Å². The molecule has 9 aromatic rings. The maximum Gasteiger partial charge on any atom is 0.136 e. The van der Waals surface area contributed by atoms with Crippen LogP contribution < -0.4 is 0 Å². The predicted octanol–water partition coefficient (Wildman–Crippen LogP) is 12.6. The number of rotatable bonds is 4. The normalized spacial score (nSPS) is 15.0. The van der Waals surface area contributed by atoms with Gasteiger partial charge in [-0.25, -0.2) is 0 Å². The first-order chi connectivity index (χ1) is 26.9. The quantitative estimate of drug-likeness (QED) is 0.188. The molecule has 0 aliphatic heterocycles. The Balaban J connectivity index is 1.49. The Hall–Kier alpha value is -5.92. The lowest BCUT2D eigenvalue weighted by atomic mass is 9.81. The van der Waals surface area contributed by atoms with Gasteiger partial charge in [-0.1, -0.05) is 151 Å². The summed E-state index contributed by atoms with van der Waals surface area (Å²) < 4.78 is 103. The molecule has 8 aromatic carbocycles. The van der Waals surface area contributed by atoms with E-state index in [4.69, 9.17) is 16.8 Å². The third-order valence-electron chi connectivity index (χ3n) is 8.34. The van der Waals surface area contributed by atoms with Gasteiger partial charge in [-0.2, -0.15) is 0 Å². The third kappa shape index (κ3) is 4.02. The number of fused-ring (bicyclic) bond motifs is 5. The van der Waals surface area contributed by atoms with Gasteiger partial charge in [-0.05, 0) is 78.6 Å². The lowest BCUT2D eigenvalue weighted by molar-refractivity contribution is 0.669. The lowest BCUT2D eigenvalue weighted by Crippen LogP contribution is -1.94. The van der Waals surface area contributed by atoms with Crippen LogP contribution in [0.1, 0.15) is 15.1 Å². The molecule has 1 heteroatoms. The van der Waals surface area contributed by atoms with Crippen LogP contribution in [-0.2, 0) is 0 Å². The lowest BCUT2D eigenvalue weighted by Gasteiger charge is -2.21. The molecule has 0 saturated carbocycles. The van der Waals surface area contributed by atoms with Crippen molar-refractivity contribution in [2.24, 2.45) is 0 Å². The summed E-state index contributed by atoms with van der Waals surface area (Å²) in [5.74, 6) is 0. The molecule has 0 radical (unpaired) electrons. The van der Waals surface area contributed by atoms with Crippen molar-refractivity contribution in [2.75, 3.05) is 0 Å². The van der Waals surface area contributed by atoms with Crippen LogP contribution in [0, 0.1) is 0 Å². The highest BCUT2D eigenvalue weighted by atomic mass is 16.3. The van der Waals surface area contributed by atoms with Crippen molar-refractivity contribution in [1.82, 2.24) is 0 Å². The number of para-hydroxylation sites is 1. The Bertz CT molecular complexity index is 3070. The van der Waals surface area contributed by atoms with Crippen LogP contribution in [0.2, 0.25) is 0 Å². The van der Waals surface area contributed by atoms with E-state index in [0.29, 0.717) is 49.5 Å². The molecule has 0 N–H and O–H groups in total. The predicted molar refractivity (Wildman–Crippen MR) is 190 cm³/mol. The molecule has 0 saturated heterocycles. The summed E-state index contributed by atoms with van der Waals surface area (Å²) in [4.78, 5) is 0. The smallest absolute Gasteiger partial charge is 0.136 e. The molecule has 1 aromatic heterocycles. The Labute approximate surface area is 277 Å². The van der Waals surface area contributed by atoms with Crippen molar-refractivity contribution in [3.63, 3.8) is 0 Å². The minimum Gasteiger partial charge on any atom is -0.456 e. The monoisotopic (exact) mass is 583 g/mol. The minimum atomic E-state index is -0.478. The summed E-state index contributed by atoms with van der Waals surface area (Å²) in [6.07, 6.45) is 0. The van der Waals surface area contributed by atoms with Crippen molar-refractivity contribution < 1.29 is 19.5 Å². The molecule has 0 fully saturated rings. The van der Waals surface area contributed by atoms with Gasteiger partial charge in [-0.15, -0.1) is 0 Å². The van der Waals surface area contributed by atoms with E-state index in [9.17, 15) is 2.74 Å². The first-order valence-electron chi connectivity index (χ1n) is 20.1. The Morgan fingerprint density at radius 3 is 1.60 bits per heavy atom. The summed E-state index contributed by atoms with van der Waals surface area (Å²) in [5, 5.41) is 3.32. The maximum absolute atomic E-state index is 9.68. The zero-order valence-corrected chi connectivity index (χ0v) is 23.7. The summed E-state index contributed by atoms with van der Waals surface area (Å²) in [5.41, 5.74) is 3.92. The summed E-state index contributed by atoms with van der Waals surface area (Å²) in [6.45, 7) is 0. The molecule has 0 aliphatic rings. The second-order valence-corrected chi connectivity index (χ2v) is 10.8. The Morgan fingerprint density at radius 1 is 0.356 bits per heavy atom. The van der Waals surface area contributed by atoms with Gasteiger partial charge >= 0.3 is 0 Å². The molecule has 0 aliphatic carbocycles. The zero-order chi connectivity index (χ0) is 39.3. The molecule has 210 valence electrons. The molecule has 0 atom stereocenters. The molecule has 0 spiro atoms. The van der Waals surface area contributed by atoms with Crippen LogP contribution in [0.5, 0.6) is 0 Å². The number of furan rings is 1. The van der Waals surface area contributed by atoms with Crippen molar-refractivity contribution in [1.29, 1.82) is 0 Å². The average molecular weight is 584 g/mol. The van der Waals surface area contributed by atoms with E-state index in [1.165, 1.54) is 0 Å². The van der Waals surface area contributed by atoms with Crippen LogP contribution >= 0.6 is 0 Å². The van der Waals surface area contributed by atoms with Gasteiger partial charge in [0.2, 0.25) is 0 Å². The van der Waals surface area contributed by atoms with Gasteiger partial charge in [0.1, 0.15) is 11.2 Å². The first kappa shape index (κ1) is 16.8. The third-order valence-corrected chi connectivity index (χ3v) is 8.34. The van der Waals surface area contributed by atoms with Crippen molar-refractivity contribution >= 4 is 43.5 Å². The zero-order valence-electron chi connectivity index (χ0n) is 34.7. The van der Waals surface area contributed by atoms with E-state index in [1.54, 1.807) is 12.1 Å². The molecule has 0 amide bonds. The second kappa shape index (κ2) is 10.4. The van der Waals surface area contributed by atoms with E-state index in [-0.39, 0.29) is 58.4 Å². The van der Waals surface area contributed by atoms with Crippen LogP contribution in [0.15, 0.2) is 174 Å². The Morgan fingerprint density at radius 2 is 0.911 bits per heavy atom. The van der Waals surface area contributed by atoms with Gasteiger partial charge in [0.15, 0.2) is 0 Å². The van der Waals surface area contributed by atoms with E-state index < -0.39 is 30.2 Å². The average Bonchev–Trinajstić information content (AvgIpc) is 3.63. The Kier molecular flexibility index (Phi) is 3.87. The van der Waals surface area contributed by atoms with Crippen LogP contribution in [-0.4, -0.2) is 0 Å². The van der Waals surface area contributed by atoms with Crippen LogP contribution in [0.3, 0.4) is 0 Å². The highest BCUT2D eigenvalue weighted by molar-refractivity contribution is 6.25. The molecule has 45 heavy (non-hydrogen) atoms. The minimum absolute atomic E-state index is 0.0163. The summed E-state index contributed by atoms with van der Waals surface area (Å²) in [6, 6.07) is 27.8. The topological polar surface area (TPSA) is 13.1 Å². The molecule has 0 unspecified atom stereocenters. The number of benzene rings is 8. The first-order valence-corrected chi connectivity index (χ1v) is 14.6. The second-order valence-electron chi connectivity index (χ2n) is 10.8. The standard InChI is InChI=1S/C44H28O/c1-3-15-29(16-4-1)31-19-7-8-20-32(31)42-33-21-9-11-23-35(33)43(36-24-12-10-22-34(36)42)38-27-28-40-44(37-25-13-14-26-39(37)45-40)41(38)30-17-5-2-6-18-30/h1-28H/i1D,3D,4D,13D,14D,15D,16D,25D,26D,27D,28D. The van der Waals surface area contributed by atoms with E-state index in [2.05, 4.69) is 0 Å². The fourth-order valence-corrected chi connectivity index (χ4v) is 6.53. The fraction of sp³-hybridized carbons (Fsp3) is 0. The van der Waals surface area contributed by atoms with E-state index in [0.717, 1.165) is 16.3 Å². The largest absolute Gasteiger partial charge is 0.456 e. The molecular formula is C44H28O. The molecule has 0 bridgehead atoms. The van der Waals surface area contributed by atoms with E-state index in [1.807, 2.05) is 91.0 Å². The van der Waals surface area contributed by atoms with Gasteiger partial charge in [0.25, 0.3) is 0 Å². The van der Waals surface area contributed by atoms with Gasteiger partial charge in [0, 0.05) is 16.3 Å². The van der Waals surface area contributed by atoms with Crippen LogP contribution in [0.25, 0.3) is 88.0 Å². The highest BCUT2D eigenvalue weighted by Crippen LogP contribution is 2.50. The highest BCUT2D eigenvalue weighted by Gasteiger charge is 2.23. The van der Waals surface area contributed by atoms with E-state index >= 15 is 0 Å². The van der Waals surface area contributed by atoms with Crippen molar-refractivity contribution in [3.8, 4) is 44.5 Å². The summed E-state index contributed by atoms with van der Waals surface area (Å²) in [7, 11) is 0. The molecular weight excluding hydrogens is 544 g/mol. The van der Waals surface area contributed by atoms with Gasteiger partial charge < -0.3 is 4.42 Å². The van der Waals surface area contributed by atoms with Crippen molar-refractivity contribution in [3.05, 3.63) is 170 Å². The molecule has 1 heterocycles. The number of hydrogen-bond acceptors (Lipinski definition) is 1. The van der Waals surface area contributed by atoms with Gasteiger partial charge in [-0.3, -0.25) is 0 Å².